The van der Waals surface area contributed by atoms with Crippen LogP contribution in [0.1, 0.15) is 46.1 Å². The number of benzene rings is 1. The lowest BCUT2D eigenvalue weighted by Crippen LogP contribution is -2.19. The van der Waals surface area contributed by atoms with Crippen molar-refractivity contribution < 1.29 is 9.59 Å². The first kappa shape index (κ1) is 18.7. The molecule has 0 radical (unpaired) electrons. The van der Waals surface area contributed by atoms with Crippen LogP contribution in [0.3, 0.4) is 0 Å². The summed E-state index contributed by atoms with van der Waals surface area (Å²) in [5.74, 6) is -0.127. The third-order valence-corrected chi connectivity index (χ3v) is 6.15. The van der Waals surface area contributed by atoms with Gasteiger partial charge in [0.1, 0.15) is 5.00 Å². The van der Waals surface area contributed by atoms with Crippen LogP contribution in [0.15, 0.2) is 30.3 Å². The van der Waals surface area contributed by atoms with Crippen LogP contribution in [-0.4, -0.2) is 11.8 Å². The summed E-state index contributed by atoms with van der Waals surface area (Å²) in [6, 6.07) is 7.19. The van der Waals surface area contributed by atoms with Gasteiger partial charge in [0.05, 0.1) is 5.56 Å². The Balaban J connectivity index is 1.78. The summed E-state index contributed by atoms with van der Waals surface area (Å²) in [7, 11) is 0. The number of primary amides is 1. The lowest BCUT2D eigenvalue weighted by molar-refractivity contribution is -0.111. The van der Waals surface area contributed by atoms with Gasteiger partial charge >= 0.3 is 0 Å². The molecular formula is C20H21ClN2O2S. The summed E-state index contributed by atoms with van der Waals surface area (Å²) >= 11 is 7.33. The first-order chi connectivity index (χ1) is 12.5. The van der Waals surface area contributed by atoms with Gasteiger partial charge < -0.3 is 11.1 Å². The predicted octanol–water partition coefficient (Wildman–Crippen LogP) is 4.67. The van der Waals surface area contributed by atoms with Crippen molar-refractivity contribution in [2.24, 2.45) is 11.7 Å². The SMILES string of the molecule is CCC1CCc2c(sc(NC(=O)/C=C/c3ccc(Cl)cc3)c2C(N)=O)C1. The second kappa shape index (κ2) is 8.06. The van der Waals surface area contributed by atoms with Gasteiger partial charge in [-0.3, -0.25) is 9.59 Å². The first-order valence-corrected chi connectivity index (χ1v) is 9.86. The fourth-order valence-electron chi connectivity index (χ4n) is 3.25. The molecule has 2 aromatic rings. The van der Waals surface area contributed by atoms with Gasteiger partial charge in [-0.25, -0.2) is 0 Å². The lowest BCUT2D eigenvalue weighted by Gasteiger charge is -2.20. The highest BCUT2D eigenvalue weighted by atomic mass is 35.5. The van der Waals surface area contributed by atoms with Crippen LogP contribution in [-0.2, 0) is 17.6 Å². The quantitative estimate of drug-likeness (QED) is 0.730. The van der Waals surface area contributed by atoms with Gasteiger partial charge in [0, 0.05) is 16.0 Å². The van der Waals surface area contributed by atoms with E-state index in [0.717, 1.165) is 36.8 Å². The zero-order chi connectivity index (χ0) is 18.7. The third-order valence-electron chi connectivity index (χ3n) is 4.72. The summed E-state index contributed by atoms with van der Waals surface area (Å²) in [4.78, 5) is 25.4. The Hall–Kier alpha value is -2.11. The van der Waals surface area contributed by atoms with E-state index in [1.54, 1.807) is 18.2 Å². The number of carbonyl (C=O) groups is 2. The van der Waals surface area contributed by atoms with Crippen molar-refractivity contribution in [1.82, 2.24) is 0 Å². The summed E-state index contributed by atoms with van der Waals surface area (Å²) in [6.07, 6.45) is 7.13. The van der Waals surface area contributed by atoms with Crippen LogP contribution in [0.4, 0.5) is 5.00 Å². The van der Waals surface area contributed by atoms with Crippen molar-refractivity contribution in [1.29, 1.82) is 0 Å². The molecule has 1 unspecified atom stereocenters. The maximum absolute atomic E-state index is 12.3. The number of anilines is 1. The smallest absolute Gasteiger partial charge is 0.251 e. The van der Waals surface area contributed by atoms with E-state index in [2.05, 4.69) is 12.2 Å². The normalized spacial score (nSPS) is 16.5. The highest BCUT2D eigenvalue weighted by Crippen LogP contribution is 2.40. The van der Waals surface area contributed by atoms with Gasteiger partial charge in [-0.2, -0.15) is 0 Å². The number of amides is 2. The van der Waals surface area contributed by atoms with Crippen LogP contribution >= 0.6 is 22.9 Å². The standard InChI is InChI=1S/C20H21ClN2O2S/c1-2-12-5-9-15-16(11-12)26-20(18(15)19(22)25)23-17(24)10-6-13-3-7-14(21)8-4-13/h3-4,6-8,10,12H,2,5,9,11H2,1H3,(H2,22,25)(H,23,24)/b10-6+. The number of hydrogen-bond donors (Lipinski definition) is 2. The molecule has 1 aromatic carbocycles. The van der Waals surface area contributed by atoms with E-state index >= 15 is 0 Å². The van der Waals surface area contributed by atoms with Gasteiger partial charge in [0.2, 0.25) is 5.91 Å². The van der Waals surface area contributed by atoms with Crippen molar-refractivity contribution in [3.63, 3.8) is 0 Å². The van der Waals surface area contributed by atoms with Crippen LogP contribution in [0, 0.1) is 5.92 Å². The molecule has 0 bridgehead atoms. The number of nitrogens with one attached hydrogen (secondary N) is 1. The van der Waals surface area contributed by atoms with Gasteiger partial charge in [0.25, 0.3) is 5.91 Å². The largest absolute Gasteiger partial charge is 0.365 e. The lowest BCUT2D eigenvalue weighted by atomic mass is 9.85. The van der Waals surface area contributed by atoms with Gasteiger partial charge in [-0.1, -0.05) is 37.1 Å². The number of hydrogen-bond acceptors (Lipinski definition) is 3. The highest BCUT2D eigenvalue weighted by molar-refractivity contribution is 7.17. The minimum atomic E-state index is -0.477. The minimum absolute atomic E-state index is 0.284. The molecule has 1 atom stereocenters. The number of rotatable bonds is 5. The first-order valence-electron chi connectivity index (χ1n) is 8.67. The molecule has 0 spiro atoms. The van der Waals surface area contributed by atoms with Crippen molar-refractivity contribution in [3.8, 4) is 0 Å². The molecule has 2 amide bonds. The van der Waals surface area contributed by atoms with Gasteiger partial charge in [0.15, 0.2) is 0 Å². The van der Waals surface area contributed by atoms with E-state index < -0.39 is 5.91 Å². The van der Waals surface area contributed by atoms with E-state index in [0.29, 0.717) is 21.5 Å². The fourth-order valence-corrected chi connectivity index (χ4v) is 4.75. The summed E-state index contributed by atoms with van der Waals surface area (Å²) in [6.45, 7) is 2.18. The molecule has 0 saturated carbocycles. The van der Waals surface area contributed by atoms with Crippen molar-refractivity contribution in [2.75, 3.05) is 5.32 Å². The van der Waals surface area contributed by atoms with E-state index in [1.165, 1.54) is 22.3 Å². The predicted molar refractivity (Wildman–Crippen MR) is 108 cm³/mol. The fraction of sp³-hybridized carbons (Fsp3) is 0.300. The van der Waals surface area contributed by atoms with Crippen molar-refractivity contribution in [2.45, 2.75) is 32.6 Å². The van der Waals surface area contributed by atoms with E-state index in [-0.39, 0.29) is 5.91 Å². The minimum Gasteiger partial charge on any atom is -0.365 e. The van der Waals surface area contributed by atoms with Crippen LogP contribution < -0.4 is 11.1 Å². The summed E-state index contributed by atoms with van der Waals surface area (Å²) < 4.78 is 0. The molecule has 1 heterocycles. The highest BCUT2D eigenvalue weighted by Gasteiger charge is 2.27. The molecular weight excluding hydrogens is 368 g/mol. The number of carbonyl (C=O) groups excluding carboxylic acids is 2. The van der Waals surface area contributed by atoms with Gasteiger partial charge in [-0.15, -0.1) is 11.3 Å². The van der Waals surface area contributed by atoms with E-state index in [4.69, 9.17) is 17.3 Å². The maximum atomic E-state index is 12.3. The summed E-state index contributed by atoms with van der Waals surface area (Å²) in [5, 5.41) is 4.04. The monoisotopic (exact) mass is 388 g/mol. The second-order valence-electron chi connectivity index (χ2n) is 6.46. The number of thiophene rings is 1. The molecule has 1 aromatic heterocycles. The van der Waals surface area contributed by atoms with Crippen LogP contribution in [0.2, 0.25) is 5.02 Å². The summed E-state index contributed by atoms with van der Waals surface area (Å²) in [5.41, 5.74) is 7.96. The number of nitrogens with two attached hydrogens (primary N) is 1. The van der Waals surface area contributed by atoms with Crippen LogP contribution in [0.25, 0.3) is 6.08 Å². The third kappa shape index (κ3) is 4.17. The molecule has 4 nitrogen and oxygen atoms in total. The van der Waals surface area contributed by atoms with Gasteiger partial charge in [-0.05, 0) is 54.5 Å². The average Bonchev–Trinajstić information content (AvgIpc) is 2.98. The Kier molecular flexibility index (Phi) is 5.79. The molecule has 3 rings (SSSR count). The number of halogens is 1. The Labute approximate surface area is 162 Å². The molecule has 136 valence electrons. The molecule has 0 saturated heterocycles. The van der Waals surface area contributed by atoms with E-state index in [9.17, 15) is 9.59 Å². The Morgan fingerprint density at radius 1 is 1.35 bits per heavy atom. The Morgan fingerprint density at radius 2 is 2.08 bits per heavy atom. The molecule has 0 fully saturated rings. The topological polar surface area (TPSA) is 72.2 Å². The molecule has 1 aliphatic carbocycles. The zero-order valence-corrected chi connectivity index (χ0v) is 16.1. The molecule has 0 aliphatic heterocycles. The molecule has 1 aliphatic rings. The molecule has 3 N–H and O–H groups in total. The van der Waals surface area contributed by atoms with Crippen LogP contribution in [0.5, 0.6) is 0 Å². The second-order valence-corrected chi connectivity index (χ2v) is 8.00. The average molecular weight is 389 g/mol. The number of fused-ring (bicyclic) bond motifs is 1. The van der Waals surface area contributed by atoms with Crippen molar-refractivity contribution in [3.05, 3.63) is 56.9 Å². The zero-order valence-electron chi connectivity index (χ0n) is 14.5. The molecule has 6 heteroatoms. The van der Waals surface area contributed by atoms with E-state index in [1.807, 2.05) is 12.1 Å². The molecule has 26 heavy (non-hydrogen) atoms. The Bertz CT molecular complexity index is 855. The maximum Gasteiger partial charge on any atom is 0.251 e. The Morgan fingerprint density at radius 3 is 2.73 bits per heavy atom. The van der Waals surface area contributed by atoms with Crippen molar-refractivity contribution >= 4 is 45.8 Å².